The van der Waals surface area contributed by atoms with Crippen LogP contribution in [-0.2, 0) is 9.53 Å². The molecule has 0 rings (SSSR count). The average Bonchev–Trinajstić information content (AvgIpc) is 2.06. The van der Waals surface area contributed by atoms with Gasteiger partial charge in [-0.25, -0.2) is 4.79 Å². The van der Waals surface area contributed by atoms with Crippen LogP contribution >= 0.6 is 0 Å². The number of ether oxygens (including phenoxy) is 1. The fourth-order valence-electron chi connectivity index (χ4n) is 1.07. The van der Waals surface area contributed by atoms with Gasteiger partial charge in [-0.1, -0.05) is 19.4 Å². The van der Waals surface area contributed by atoms with E-state index in [0.717, 1.165) is 12.8 Å². The molecule has 0 saturated carbocycles. The highest BCUT2D eigenvalue weighted by Gasteiger charge is 2.15. The van der Waals surface area contributed by atoms with Crippen LogP contribution in [0.4, 0.5) is 0 Å². The van der Waals surface area contributed by atoms with Gasteiger partial charge in [-0.05, 0) is 13.3 Å². The maximum atomic E-state index is 11.1. The fraction of sp³-hybridized carbons (Fsp3) is 0.667. The number of hydrogen-bond donors (Lipinski definition) is 1. The van der Waals surface area contributed by atoms with E-state index in [1.807, 2.05) is 6.92 Å². The monoisotopic (exact) mass is 171 g/mol. The van der Waals surface area contributed by atoms with Gasteiger partial charge in [0.1, 0.15) is 0 Å². The molecule has 1 atom stereocenters. The molecule has 0 spiro atoms. The molecule has 0 aromatic heterocycles. The summed E-state index contributed by atoms with van der Waals surface area (Å²) in [5, 5.41) is 0. The van der Waals surface area contributed by atoms with Crippen LogP contribution in [0.3, 0.4) is 0 Å². The molecule has 0 aliphatic carbocycles. The Morgan fingerprint density at radius 1 is 1.67 bits per heavy atom. The van der Waals surface area contributed by atoms with Crippen molar-refractivity contribution in [2.24, 2.45) is 5.73 Å². The lowest BCUT2D eigenvalue weighted by atomic mass is 10.0. The van der Waals surface area contributed by atoms with Crippen molar-refractivity contribution in [1.82, 2.24) is 0 Å². The van der Waals surface area contributed by atoms with E-state index < -0.39 is 0 Å². The van der Waals surface area contributed by atoms with Crippen LogP contribution in [0.1, 0.15) is 26.7 Å². The maximum absolute atomic E-state index is 11.1. The molecule has 0 saturated heterocycles. The highest BCUT2D eigenvalue weighted by atomic mass is 16.5. The van der Waals surface area contributed by atoms with Crippen molar-refractivity contribution in [1.29, 1.82) is 0 Å². The lowest BCUT2D eigenvalue weighted by Crippen LogP contribution is -2.27. The molecule has 0 aromatic carbocycles. The topological polar surface area (TPSA) is 52.3 Å². The van der Waals surface area contributed by atoms with Crippen molar-refractivity contribution in [3.63, 3.8) is 0 Å². The van der Waals surface area contributed by atoms with E-state index >= 15 is 0 Å². The Morgan fingerprint density at radius 3 is 2.58 bits per heavy atom. The summed E-state index contributed by atoms with van der Waals surface area (Å²) in [6.45, 7) is 3.83. The minimum Gasteiger partial charge on any atom is -0.466 e. The van der Waals surface area contributed by atoms with Crippen LogP contribution in [0.5, 0.6) is 0 Å². The van der Waals surface area contributed by atoms with Gasteiger partial charge in [0.25, 0.3) is 0 Å². The van der Waals surface area contributed by atoms with E-state index in [1.165, 1.54) is 7.11 Å². The van der Waals surface area contributed by atoms with Crippen molar-refractivity contribution in [3.8, 4) is 0 Å². The van der Waals surface area contributed by atoms with Gasteiger partial charge in [-0.15, -0.1) is 0 Å². The Morgan fingerprint density at radius 2 is 2.25 bits per heavy atom. The number of allylic oxidation sites excluding steroid dienone is 1. The standard InChI is InChI=1S/C9H17NO2/c1-4-6-8(10)7(5-2)9(11)12-3/h5,8H,4,6,10H2,1-3H3/b7-5+/t8-/m1/s1. The minimum absolute atomic E-state index is 0.188. The molecule has 0 aliphatic heterocycles. The first-order valence-corrected chi connectivity index (χ1v) is 4.17. The number of methoxy groups -OCH3 is 1. The quantitative estimate of drug-likeness (QED) is 0.511. The van der Waals surface area contributed by atoms with Gasteiger partial charge in [0.15, 0.2) is 0 Å². The third-order valence-electron chi connectivity index (χ3n) is 1.73. The second-order valence-electron chi connectivity index (χ2n) is 2.63. The third kappa shape index (κ3) is 3.05. The molecule has 0 aromatic rings. The largest absolute Gasteiger partial charge is 0.466 e. The van der Waals surface area contributed by atoms with Crippen molar-refractivity contribution < 1.29 is 9.53 Å². The van der Waals surface area contributed by atoms with E-state index in [4.69, 9.17) is 5.73 Å². The molecule has 0 fully saturated rings. The van der Waals surface area contributed by atoms with E-state index in [2.05, 4.69) is 4.74 Å². The zero-order valence-corrected chi connectivity index (χ0v) is 7.96. The summed E-state index contributed by atoms with van der Waals surface area (Å²) in [7, 11) is 1.37. The molecule has 0 radical (unpaired) electrons. The van der Waals surface area contributed by atoms with E-state index in [1.54, 1.807) is 13.0 Å². The fourth-order valence-corrected chi connectivity index (χ4v) is 1.07. The molecule has 70 valence electrons. The number of carbonyl (C=O) groups is 1. The van der Waals surface area contributed by atoms with Crippen LogP contribution in [-0.4, -0.2) is 19.1 Å². The second-order valence-corrected chi connectivity index (χ2v) is 2.63. The van der Waals surface area contributed by atoms with Crippen molar-refractivity contribution in [2.75, 3.05) is 7.11 Å². The highest BCUT2D eigenvalue weighted by molar-refractivity contribution is 5.89. The maximum Gasteiger partial charge on any atom is 0.334 e. The summed E-state index contributed by atoms with van der Waals surface area (Å²) in [5.74, 6) is -0.321. The number of hydrogen-bond acceptors (Lipinski definition) is 3. The predicted octanol–water partition coefficient (Wildman–Crippen LogP) is 1.23. The lowest BCUT2D eigenvalue weighted by molar-refractivity contribution is -0.136. The van der Waals surface area contributed by atoms with Gasteiger partial charge in [-0.3, -0.25) is 0 Å². The molecule has 3 heteroatoms. The number of rotatable bonds is 4. The third-order valence-corrected chi connectivity index (χ3v) is 1.73. The Labute approximate surface area is 73.6 Å². The molecule has 0 unspecified atom stereocenters. The van der Waals surface area contributed by atoms with Gasteiger partial charge < -0.3 is 10.5 Å². The van der Waals surface area contributed by atoms with Crippen molar-refractivity contribution in [3.05, 3.63) is 11.6 Å². The first-order valence-electron chi connectivity index (χ1n) is 4.17. The SMILES string of the molecule is C/C=C(/C(=O)OC)[C@H](N)CCC. The molecule has 3 nitrogen and oxygen atoms in total. The van der Waals surface area contributed by atoms with E-state index in [-0.39, 0.29) is 12.0 Å². The summed E-state index contributed by atoms with van der Waals surface area (Å²) in [6.07, 6.45) is 3.50. The molecule has 2 N–H and O–H groups in total. The van der Waals surface area contributed by atoms with E-state index in [0.29, 0.717) is 5.57 Å². The van der Waals surface area contributed by atoms with E-state index in [9.17, 15) is 4.79 Å². The summed E-state index contributed by atoms with van der Waals surface area (Å²) in [6, 6.07) is -0.188. The lowest BCUT2D eigenvalue weighted by Gasteiger charge is -2.12. The Kier molecular flexibility index (Phi) is 5.37. The zero-order chi connectivity index (χ0) is 9.56. The first-order chi connectivity index (χ1) is 5.67. The average molecular weight is 171 g/mol. The van der Waals surface area contributed by atoms with Gasteiger partial charge in [0.2, 0.25) is 0 Å². The molecule has 12 heavy (non-hydrogen) atoms. The number of esters is 1. The minimum atomic E-state index is -0.321. The summed E-state index contributed by atoms with van der Waals surface area (Å²) < 4.78 is 4.58. The molecule has 0 amide bonds. The van der Waals surface area contributed by atoms with Crippen molar-refractivity contribution >= 4 is 5.97 Å². The van der Waals surface area contributed by atoms with Crippen LogP contribution < -0.4 is 5.73 Å². The smallest absolute Gasteiger partial charge is 0.334 e. The highest BCUT2D eigenvalue weighted by Crippen LogP contribution is 2.07. The second kappa shape index (κ2) is 5.77. The van der Waals surface area contributed by atoms with Crippen molar-refractivity contribution in [2.45, 2.75) is 32.7 Å². The van der Waals surface area contributed by atoms with Crippen LogP contribution in [0.15, 0.2) is 11.6 Å². The van der Waals surface area contributed by atoms with Crippen LogP contribution in [0.2, 0.25) is 0 Å². The Balaban J connectivity index is 4.25. The van der Waals surface area contributed by atoms with Gasteiger partial charge in [-0.2, -0.15) is 0 Å². The Hall–Kier alpha value is -0.830. The number of carbonyl (C=O) groups excluding carboxylic acids is 1. The van der Waals surface area contributed by atoms with Gasteiger partial charge in [0.05, 0.1) is 7.11 Å². The van der Waals surface area contributed by atoms with Crippen LogP contribution in [0, 0.1) is 0 Å². The number of nitrogens with two attached hydrogens (primary N) is 1. The summed E-state index contributed by atoms with van der Waals surface area (Å²) in [4.78, 5) is 11.1. The molecule has 0 aliphatic rings. The molecule has 0 bridgehead atoms. The molecule has 0 heterocycles. The summed E-state index contributed by atoms with van der Waals surface area (Å²) in [5.41, 5.74) is 6.32. The Bertz CT molecular complexity index is 175. The summed E-state index contributed by atoms with van der Waals surface area (Å²) >= 11 is 0. The predicted molar refractivity (Wildman–Crippen MR) is 48.7 cm³/mol. The molecular formula is C9H17NO2. The first kappa shape index (κ1) is 11.2. The van der Waals surface area contributed by atoms with Crippen LogP contribution in [0.25, 0.3) is 0 Å². The zero-order valence-electron chi connectivity index (χ0n) is 7.96. The van der Waals surface area contributed by atoms with Gasteiger partial charge in [0, 0.05) is 11.6 Å². The van der Waals surface area contributed by atoms with Gasteiger partial charge >= 0.3 is 5.97 Å². The normalized spacial score (nSPS) is 14.2. The molecular weight excluding hydrogens is 154 g/mol.